The predicted octanol–water partition coefficient (Wildman–Crippen LogP) is 0.761. The zero-order valence-corrected chi connectivity index (χ0v) is 3.06. The quantitative estimate of drug-likeness (QED) is 0.418. The normalized spacial score (nSPS) is 11.8. The third-order valence-electron chi connectivity index (χ3n) is 0.235. The molecule has 28 valence electrons. The molecule has 0 aromatic carbocycles. The highest BCUT2D eigenvalue weighted by Crippen LogP contribution is 1.60. The molecule has 1 nitrogen and oxygen atoms in total. The van der Waals surface area contributed by atoms with E-state index >= 15 is 0 Å². The Balaban J connectivity index is 3.30. The molecule has 0 atom stereocenters. The Labute approximate surface area is 32.7 Å². The molecule has 0 aliphatic heterocycles. The molecule has 0 bridgehead atoms. The van der Waals surface area contributed by atoms with Crippen LogP contribution in [0.5, 0.6) is 0 Å². The van der Waals surface area contributed by atoms with Crippen molar-refractivity contribution in [2.24, 2.45) is 0 Å². The van der Waals surface area contributed by atoms with Crippen LogP contribution in [-0.2, 0) is 4.79 Å². The van der Waals surface area contributed by atoms with Crippen molar-refractivity contribution in [3.8, 4) is 0 Å². The van der Waals surface area contributed by atoms with Crippen molar-refractivity contribution in [1.29, 1.82) is 0 Å². The molecule has 0 aliphatic rings. The van der Waals surface area contributed by atoms with Gasteiger partial charge in [-0.15, -0.1) is 0 Å². The molecule has 0 radical (unpaired) electrons. The van der Waals surface area contributed by atoms with E-state index in [1.807, 2.05) is 0 Å². The van der Waals surface area contributed by atoms with Crippen LogP contribution in [0.4, 0.5) is 0 Å². The first-order chi connectivity index (χ1) is 2.77. The number of rotatable bonds is 1. The Morgan fingerprint density at radius 2 is 3.00 bits per heavy atom. The lowest BCUT2D eigenvalue weighted by Crippen LogP contribution is -1.74. The van der Waals surface area contributed by atoms with Crippen LogP contribution in [-0.4, -0.2) is 5.78 Å². The van der Waals surface area contributed by atoms with Gasteiger partial charge in [0.05, 0.1) is 1.37 Å². The van der Waals surface area contributed by atoms with Crippen molar-refractivity contribution < 1.29 is 6.17 Å². The van der Waals surface area contributed by atoms with Crippen molar-refractivity contribution >= 4 is 5.78 Å². The number of carbonyl (C=O) groups is 1. The van der Waals surface area contributed by atoms with E-state index in [-0.39, 0.29) is 5.78 Å². The van der Waals surface area contributed by atoms with Gasteiger partial charge in [0.2, 0.25) is 0 Å². The third-order valence-corrected chi connectivity index (χ3v) is 0.235. The SMILES string of the molecule is [3H]C=CC(C)=O. The Bertz CT molecular complexity index is 75.6. The molecule has 0 saturated carbocycles. The minimum atomic E-state index is -0.0787. The van der Waals surface area contributed by atoms with Crippen molar-refractivity contribution in [1.82, 2.24) is 0 Å². The van der Waals surface area contributed by atoms with Crippen LogP contribution in [0.15, 0.2) is 12.6 Å². The summed E-state index contributed by atoms with van der Waals surface area (Å²) in [5.74, 6) is -0.0787. The zero-order valence-electron chi connectivity index (χ0n) is 4.06. The molecular weight excluding hydrogens is 64.0 g/mol. The van der Waals surface area contributed by atoms with Crippen molar-refractivity contribution in [3.05, 3.63) is 12.6 Å². The first kappa shape index (κ1) is 2.64. The molecule has 0 rings (SSSR count). The molecule has 0 unspecified atom stereocenters. The van der Waals surface area contributed by atoms with Crippen LogP contribution in [0.3, 0.4) is 0 Å². The van der Waals surface area contributed by atoms with Crippen molar-refractivity contribution in [2.45, 2.75) is 6.92 Å². The van der Waals surface area contributed by atoms with Crippen molar-refractivity contribution in [2.75, 3.05) is 0 Å². The average Bonchev–Trinajstić information content (AvgIpc) is 1.35. The molecule has 1 heteroatoms. The maximum absolute atomic E-state index is 9.84. The van der Waals surface area contributed by atoms with Gasteiger partial charge in [-0.25, -0.2) is 0 Å². The molecule has 0 aliphatic carbocycles. The molecule has 0 aromatic heterocycles. The summed E-state index contributed by atoms with van der Waals surface area (Å²) in [6.07, 6.45) is 1.19. The van der Waals surface area contributed by atoms with Crippen LogP contribution in [0, 0.1) is 0 Å². The van der Waals surface area contributed by atoms with Crippen LogP contribution < -0.4 is 0 Å². The smallest absolute Gasteiger partial charge is 0.152 e. The van der Waals surface area contributed by atoms with Gasteiger partial charge in [-0.2, -0.15) is 0 Å². The van der Waals surface area contributed by atoms with Gasteiger partial charge in [0.25, 0.3) is 0 Å². The fourth-order valence-electron chi connectivity index (χ4n) is 0. The highest BCUT2D eigenvalue weighted by molar-refractivity contribution is 5.86. The van der Waals surface area contributed by atoms with Gasteiger partial charge in [-0.05, 0) is 13.0 Å². The second-order valence-electron chi connectivity index (χ2n) is 0.777. The summed E-state index contributed by atoms with van der Waals surface area (Å²) in [4.78, 5) is 9.84. The Hall–Kier alpha value is -0.590. The van der Waals surface area contributed by atoms with Gasteiger partial charge < -0.3 is 0 Å². The highest BCUT2D eigenvalue weighted by Gasteiger charge is 1.69. The summed E-state index contributed by atoms with van der Waals surface area (Å²) in [6, 6.07) is 0. The summed E-state index contributed by atoms with van der Waals surface area (Å²) >= 11 is 0. The number of hydrogen-bond acceptors (Lipinski definition) is 1. The fourth-order valence-corrected chi connectivity index (χ4v) is 0. The van der Waals surface area contributed by atoms with Gasteiger partial charge >= 0.3 is 0 Å². The first-order valence-corrected chi connectivity index (χ1v) is 1.33. The highest BCUT2D eigenvalue weighted by atomic mass is 16.1. The van der Waals surface area contributed by atoms with E-state index in [1.165, 1.54) is 13.0 Å². The summed E-state index contributed by atoms with van der Waals surface area (Å²) in [5.41, 5.74) is 0. The Morgan fingerprint density at radius 3 is 3.00 bits per heavy atom. The summed E-state index contributed by atoms with van der Waals surface area (Å²) in [6.45, 7) is 2.38. The minimum Gasteiger partial charge on any atom is -0.295 e. The maximum Gasteiger partial charge on any atom is 0.152 e. The molecule has 0 aromatic rings. The van der Waals surface area contributed by atoms with Crippen LogP contribution >= 0.6 is 0 Å². The Morgan fingerprint density at radius 1 is 2.40 bits per heavy atom. The summed E-state index contributed by atoms with van der Waals surface area (Å²) in [5, 5.41) is 0. The third kappa shape index (κ3) is 3.41. The molecule has 5 heavy (non-hydrogen) atoms. The van der Waals surface area contributed by atoms with E-state index < -0.39 is 0 Å². The second-order valence-corrected chi connectivity index (χ2v) is 0.777. The van der Waals surface area contributed by atoms with Gasteiger partial charge in [-0.3, -0.25) is 4.79 Å². The van der Waals surface area contributed by atoms with Gasteiger partial charge in [0.15, 0.2) is 5.78 Å². The lowest BCUT2D eigenvalue weighted by Gasteiger charge is -1.62. The maximum atomic E-state index is 9.84. The van der Waals surface area contributed by atoms with Gasteiger partial charge in [0, 0.05) is 0 Å². The van der Waals surface area contributed by atoms with E-state index in [0.717, 1.165) is 6.55 Å². The molecule has 0 spiro atoms. The predicted molar refractivity (Wildman–Crippen MR) is 20.9 cm³/mol. The van der Waals surface area contributed by atoms with Gasteiger partial charge in [-0.1, -0.05) is 6.55 Å². The number of ketones is 1. The van der Waals surface area contributed by atoms with E-state index in [2.05, 4.69) is 0 Å². The van der Waals surface area contributed by atoms with Crippen LogP contribution in [0.2, 0.25) is 0 Å². The Kier molecular flexibility index (Phi) is 0.898. The second kappa shape index (κ2) is 1.70. The number of hydrogen-bond donors (Lipinski definition) is 0. The molecule has 0 N–H and O–H groups in total. The zero-order chi connectivity index (χ0) is 4.99. The summed E-state index contributed by atoms with van der Waals surface area (Å²) in [7, 11) is 0. The number of allylic oxidation sites excluding steroid dienone is 1. The topological polar surface area (TPSA) is 17.1 Å². The van der Waals surface area contributed by atoms with Crippen LogP contribution in [0.1, 0.15) is 8.29 Å². The number of carbonyl (C=O) groups excluding carboxylic acids is 1. The average molecular weight is 72.1 g/mol. The van der Waals surface area contributed by atoms with Crippen LogP contribution in [0.25, 0.3) is 0 Å². The van der Waals surface area contributed by atoms with E-state index in [0.29, 0.717) is 0 Å². The standard InChI is InChI=1S/C4H6O/c1-3-4(2)5/h3H,1H2,2H3/i1T. The fraction of sp³-hybridized carbons (Fsp3) is 0.250. The monoisotopic (exact) mass is 72.1 g/mol. The molecule has 0 fully saturated rings. The molecular formula is C4H6O. The molecule has 0 heterocycles. The lowest BCUT2D eigenvalue weighted by molar-refractivity contribution is -0.112. The minimum absolute atomic E-state index is 0.0787. The van der Waals surface area contributed by atoms with E-state index in [1.54, 1.807) is 0 Å². The van der Waals surface area contributed by atoms with Gasteiger partial charge in [0.1, 0.15) is 0 Å². The lowest BCUT2D eigenvalue weighted by atomic mass is 10.5. The van der Waals surface area contributed by atoms with E-state index in [9.17, 15) is 4.79 Å². The first-order valence-electron chi connectivity index (χ1n) is 1.90. The molecule has 0 amide bonds. The summed E-state index contributed by atoms with van der Waals surface area (Å²) < 4.78 is 6.33. The van der Waals surface area contributed by atoms with E-state index in [4.69, 9.17) is 1.37 Å². The van der Waals surface area contributed by atoms with Crippen molar-refractivity contribution in [3.63, 3.8) is 0 Å². The molecule has 0 saturated heterocycles. The largest absolute Gasteiger partial charge is 0.295 e.